The summed E-state index contributed by atoms with van der Waals surface area (Å²) >= 11 is 0. The first-order valence-electron chi connectivity index (χ1n) is 12.9. The summed E-state index contributed by atoms with van der Waals surface area (Å²) in [6.07, 6.45) is 28.5. The Labute approximate surface area is 178 Å². The average molecular weight is 393 g/mol. The molecule has 166 valence electrons. The molecule has 0 amide bonds. The van der Waals surface area contributed by atoms with Crippen molar-refractivity contribution in [2.75, 3.05) is 13.6 Å². The van der Waals surface area contributed by atoms with Gasteiger partial charge in [-0.2, -0.15) is 0 Å². The molecule has 0 radical (unpaired) electrons. The summed E-state index contributed by atoms with van der Waals surface area (Å²) in [5.74, 6) is 0. The lowest BCUT2D eigenvalue weighted by atomic mass is 10.0. The zero-order chi connectivity index (χ0) is 20.5. The van der Waals surface area contributed by atoms with Gasteiger partial charge in [-0.25, -0.2) is 0 Å². The Kier molecular flexibility index (Phi) is 15.6. The Morgan fingerprint density at radius 2 is 1.07 bits per heavy atom. The fourth-order valence-electron chi connectivity index (χ4n) is 4.69. The van der Waals surface area contributed by atoms with Crippen LogP contribution < -0.4 is 0 Å². The zero-order valence-electron chi connectivity index (χ0n) is 20.0. The molecule has 2 nitrogen and oxygen atoms in total. The lowest BCUT2D eigenvalue weighted by Gasteiger charge is -2.30. The number of hydrogen-bond acceptors (Lipinski definition) is 2. The smallest absolute Gasteiger partial charge is 0.100 e. The summed E-state index contributed by atoms with van der Waals surface area (Å²) < 4.78 is 0. The Morgan fingerprint density at radius 1 is 0.643 bits per heavy atom. The Morgan fingerprint density at radius 3 is 1.46 bits per heavy atom. The third-order valence-electron chi connectivity index (χ3n) is 6.60. The summed E-state index contributed by atoms with van der Waals surface area (Å²) in [5, 5.41) is 0. The van der Waals surface area contributed by atoms with Crippen molar-refractivity contribution in [1.29, 1.82) is 0 Å². The molecule has 0 N–H and O–H groups in total. The molecule has 1 unspecified atom stereocenters. The van der Waals surface area contributed by atoms with Crippen molar-refractivity contribution in [1.82, 2.24) is 9.80 Å². The van der Waals surface area contributed by atoms with Crippen LogP contribution in [0.3, 0.4) is 0 Å². The molecule has 1 heterocycles. The van der Waals surface area contributed by atoms with Crippen LogP contribution in [0.5, 0.6) is 0 Å². The van der Waals surface area contributed by atoms with Crippen LogP contribution in [0.15, 0.2) is 11.9 Å². The van der Waals surface area contributed by atoms with Gasteiger partial charge in [-0.05, 0) is 19.3 Å². The predicted molar refractivity (Wildman–Crippen MR) is 126 cm³/mol. The van der Waals surface area contributed by atoms with Gasteiger partial charge >= 0.3 is 0 Å². The molecule has 0 fully saturated rings. The van der Waals surface area contributed by atoms with E-state index in [1.165, 1.54) is 121 Å². The van der Waals surface area contributed by atoms with Gasteiger partial charge in [-0.15, -0.1) is 0 Å². The molecule has 0 aromatic heterocycles. The van der Waals surface area contributed by atoms with E-state index in [9.17, 15) is 0 Å². The van der Waals surface area contributed by atoms with Crippen LogP contribution in [0.25, 0.3) is 0 Å². The molecule has 1 aliphatic heterocycles. The molecule has 0 saturated carbocycles. The normalized spacial score (nSPS) is 16.9. The van der Waals surface area contributed by atoms with Crippen molar-refractivity contribution in [3.8, 4) is 0 Å². The number of unbranched alkanes of at least 4 members (excludes halogenated alkanes) is 15. The van der Waals surface area contributed by atoms with E-state index in [1.54, 1.807) is 0 Å². The first kappa shape index (κ1) is 25.4. The maximum Gasteiger partial charge on any atom is 0.100 e. The SMILES string of the molecule is CCCCCCCCCCCCCCCCCCN1C=C(CC)N(C)C1CC. The second kappa shape index (κ2) is 17.2. The van der Waals surface area contributed by atoms with E-state index >= 15 is 0 Å². The fraction of sp³-hybridized carbons (Fsp3) is 0.923. The van der Waals surface area contributed by atoms with Crippen LogP contribution in [-0.2, 0) is 0 Å². The Balaban J connectivity index is 1.85. The first-order valence-corrected chi connectivity index (χ1v) is 12.9. The summed E-state index contributed by atoms with van der Waals surface area (Å²) in [7, 11) is 2.26. The molecular formula is C26H52N2. The Hall–Kier alpha value is -0.660. The molecule has 0 spiro atoms. The molecule has 1 rings (SSSR count). The van der Waals surface area contributed by atoms with Gasteiger partial charge in [0.05, 0.1) is 0 Å². The highest BCUT2D eigenvalue weighted by atomic mass is 15.4. The largest absolute Gasteiger partial charge is 0.356 e. The lowest BCUT2D eigenvalue weighted by molar-refractivity contribution is 0.160. The van der Waals surface area contributed by atoms with Gasteiger partial charge in [0.25, 0.3) is 0 Å². The molecule has 2 heteroatoms. The fourth-order valence-corrected chi connectivity index (χ4v) is 4.69. The van der Waals surface area contributed by atoms with Gasteiger partial charge in [0.1, 0.15) is 6.17 Å². The molecule has 0 aromatic rings. The van der Waals surface area contributed by atoms with Gasteiger partial charge in [0, 0.05) is 25.5 Å². The van der Waals surface area contributed by atoms with E-state index in [1.807, 2.05) is 0 Å². The maximum atomic E-state index is 2.59. The summed E-state index contributed by atoms with van der Waals surface area (Å²) in [5.41, 5.74) is 1.50. The number of nitrogens with zero attached hydrogens (tertiary/aromatic N) is 2. The summed E-state index contributed by atoms with van der Waals surface area (Å²) in [6, 6.07) is 0. The number of rotatable bonds is 19. The molecule has 0 saturated heterocycles. The minimum atomic E-state index is 0.603. The third kappa shape index (κ3) is 10.8. The van der Waals surface area contributed by atoms with Crippen LogP contribution >= 0.6 is 0 Å². The van der Waals surface area contributed by atoms with E-state index in [0.29, 0.717) is 6.17 Å². The predicted octanol–water partition coefficient (Wildman–Crippen LogP) is 8.48. The highest BCUT2D eigenvalue weighted by Gasteiger charge is 2.26. The minimum absolute atomic E-state index is 0.603. The maximum absolute atomic E-state index is 2.59. The molecule has 1 atom stereocenters. The van der Waals surface area contributed by atoms with E-state index in [4.69, 9.17) is 0 Å². The highest BCUT2D eigenvalue weighted by Crippen LogP contribution is 2.25. The van der Waals surface area contributed by atoms with Crippen LogP contribution in [0.2, 0.25) is 0 Å². The Bertz CT molecular complexity index is 377. The molecule has 0 bridgehead atoms. The summed E-state index contributed by atoms with van der Waals surface area (Å²) in [6.45, 7) is 8.13. The van der Waals surface area contributed by atoms with Gasteiger partial charge in [-0.1, -0.05) is 117 Å². The lowest BCUT2D eigenvalue weighted by Crippen LogP contribution is -2.37. The summed E-state index contributed by atoms with van der Waals surface area (Å²) in [4.78, 5) is 5.06. The standard InChI is InChI=1S/C26H52N2/c1-5-8-9-10-11-12-13-14-15-16-17-18-19-20-21-22-23-28-24-25(6-2)27(4)26(28)7-3/h24,26H,5-23H2,1-4H3. The molecule has 1 aliphatic rings. The average Bonchev–Trinajstić information content (AvgIpc) is 3.02. The van der Waals surface area contributed by atoms with Crippen molar-refractivity contribution in [2.24, 2.45) is 0 Å². The van der Waals surface area contributed by atoms with Crippen LogP contribution in [-0.4, -0.2) is 29.6 Å². The van der Waals surface area contributed by atoms with Gasteiger partial charge in [-0.3, -0.25) is 0 Å². The third-order valence-corrected chi connectivity index (χ3v) is 6.60. The van der Waals surface area contributed by atoms with Crippen molar-refractivity contribution in [3.63, 3.8) is 0 Å². The van der Waals surface area contributed by atoms with E-state index in [-0.39, 0.29) is 0 Å². The molecule has 0 aliphatic carbocycles. The van der Waals surface area contributed by atoms with E-state index in [2.05, 4.69) is 43.8 Å². The first-order chi connectivity index (χ1) is 13.7. The van der Waals surface area contributed by atoms with Gasteiger partial charge in [0.15, 0.2) is 0 Å². The quantitative estimate of drug-likeness (QED) is 0.203. The molecule has 28 heavy (non-hydrogen) atoms. The highest BCUT2D eigenvalue weighted by molar-refractivity contribution is 5.08. The van der Waals surface area contributed by atoms with Crippen LogP contribution in [0, 0.1) is 0 Å². The number of allylic oxidation sites excluding steroid dienone is 1. The molecular weight excluding hydrogens is 340 g/mol. The van der Waals surface area contributed by atoms with Crippen LogP contribution in [0.4, 0.5) is 0 Å². The van der Waals surface area contributed by atoms with E-state index in [0.717, 1.165) is 6.42 Å². The topological polar surface area (TPSA) is 6.48 Å². The number of hydrogen-bond donors (Lipinski definition) is 0. The molecule has 0 aromatic carbocycles. The monoisotopic (exact) mass is 392 g/mol. The van der Waals surface area contributed by atoms with Crippen molar-refractivity contribution in [3.05, 3.63) is 11.9 Å². The van der Waals surface area contributed by atoms with Crippen molar-refractivity contribution < 1.29 is 0 Å². The van der Waals surface area contributed by atoms with Gasteiger partial charge < -0.3 is 9.80 Å². The van der Waals surface area contributed by atoms with E-state index < -0.39 is 0 Å². The van der Waals surface area contributed by atoms with Gasteiger partial charge in [0.2, 0.25) is 0 Å². The second-order valence-corrected chi connectivity index (χ2v) is 9.01. The second-order valence-electron chi connectivity index (χ2n) is 9.01. The van der Waals surface area contributed by atoms with Crippen molar-refractivity contribution in [2.45, 2.75) is 143 Å². The van der Waals surface area contributed by atoms with Crippen LogP contribution in [0.1, 0.15) is 136 Å². The van der Waals surface area contributed by atoms with Crippen molar-refractivity contribution >= 4 is 0 Å². The minimum Gasteiger partial charge on any atom is -0.356 e. The zero-order valence-corrected chi connectivity index (χ0v) is 20.0.